The predicted molar refractivity (Wildman–Crippen MR) is 67.3 cm³/mol. The van der Waals surface area contributed by atoms with Crippen LogP contribution in [-0.2, 0) is 13.0 Å². The second kappa shape index (κ2) is 5.53. The number of rotatable bonds is 5. The first kappa shape index (κ1) is 12.4. The van der Waals surface area contributed by atoms with Gasteiger partial charge in [0.25, 0.3) is 0 Å². The third-order valence-electron chi connectivity index (χ3n) is 2.77. The largest absolute Gasteiger partial charge is 0.294 e. The van der Waals surface area contributed by atoms with Crippen molar-refractivity contribution in [2.45, 2.75) is 33.2 Å². The van der Waals surface area contributed by atoms with E-state index in [9.17, 15) is 4.79 Å². The molecular weight excluding hydrogens is 228 g/mol. The number of aryl methyl sites for hydroxylation is 2. The Hall–Kier alpha value is -2.04. The van der Waals surface area contributed by atoms with Crippen molar-refractivity contribution >= 4 is 5.78 Å². The first-order valence-corrected chi connectivity index (χ1v) is 6.03. The molecule has 0 amide bonds. The lowest BCUT2D eigenvalue weighted by Crippen LogP contribution is -2.12. The third-order valence-corrected chi connectivity index (χ3v) is 2.77. The van der Waals surface area contributed by atoms with Crippen LogP contribution in [0.3, 0.4) is 0 Å². The van der Waals surface area contributed by atoms with Gasteiger partial charge in [0, 0.05) is 24.5 Å². The van der Waals surface area contributed by atoms with E-state index in [0.29, 0.717) is 5.56 Å². The highest BCUT2D eigenvalue weighted by molar-refractivity contribution is 5.98. The number of carbonyl (C=O) groups excluding carboxylic acids is 1. The molecule has 2 aromatic rings. The lowest BCUT2D eigenvalue weighted by molar-refractivity contribution is 0.0988. The van der Waals surface area contributed by atoms with Gasteiger partial charge in [0.15, 0.2) is 5.78 Å². The van der Waals surface area contributed by atoms with Gasteiger partial charge in [-0.2, -0.15) is 5.10 Å². The van der Waals surface area contributed by atoms with E-state index >= 15 is 0 Å². The normalized spacial score (nSPS) is 10.6. The van der Waals surface area contributed by atoms with Gasteiger partial charge in [-0.25, -0.2) is 9.67 Å². The minimum absolute atomic E-state index is 0.0558. The van der Waals surface area contributed by atoms with Gasteiger partial charge in [0.2, 0.25) is 0 Å². The van der Waals surface area contributed by atoms with Crippen LogP contribution in [0.25, 0.3) is 0 Å². The van der Waals surface area contributed by atoms with Gasteiger partial charge >= 0.3 is 0 Å². The molecule has 18 heavy (non-hydrogen) atoms. The summed E-state index contributed by atoms with van der Waals surface area (Å²) >= 11 is 0. The standard InChI is InChI=1S/C13H16N4O/c1-3-6-17-13(15-9-16-17)7-12(18)11-4-5-14-8-10(11)2/h4-5,8-9H,3,6-7H2,1-2H3. The molecule has 0 fully saturated rings. The fourth-order valence-corrected chi connectivity index (χ4v) is 1.85. The average molecular weight is 244 g/mol. The van der Waals surface area contributed by atoms with Crippen molar-refractivity contribution in [1.82, 2.24) is 19.7 Å². The maximum atomic E-state index is 12.2. The van der Waals surface area contributed by atoms with Crippen LogP contribution in [-0.4, -0.2) is 25.5 Å². The fourth-order valence-electron chi connectivity index (χ4n) is 1.85. The molecule has 5 heteroatoms. The highest BCUT2D eigenvalue weighted by Crippen LogP contribution is 2.09. The second-order valence-electron chi connectivity index (χ2n) is 4.19. The van der Waals surface area contributed by atoms with Crippen LogP contribution < -0.4 is 0 Å². The lowest BCUT2D eigenvalue weighted by atomic mass is 10.1. The Bertz CT molecular complexity index is 547. The van der Waals surface area contributed by atoms with E-state index in [1.165, 1.54) is 6.33 Å². The number of pyridine rings is 1. The van der Waals surface area contributed by atoms with Crippen molar-refractivity contribution in [2.24, 2.45) is 0 Å². The fraction of sp³-hybridized carbons (Fsp3) is 0.385. The lowest BCUT2D eigenvalue weighted by Gasteiger charge is -2.05. The van der Waals surface area contributed by atoms with Crippen LogP contribution in [0.5, 0.6) is 0 Å². The van der Waals surface area contributed by atoms with E-state index in [-0.39, 0.29) is 12.2 Å². The zero-order valence-electron chi connectivity index (χ0n) is 10.6. The van der Waals surface area contributed by atoms with Gasteiger partial charge in [0.1, 0.15) is 12.2 Å². The van der Waals surface area contributed by atoms with E-state index in [2.05, 4.69) is 22.0 Å². The maximum absolute atomic E-state index is 12.2. The van der Waals surface area contributed by atoms with Crippen molar-refractivity contribution < 1.29 is 4.79 Å². The van der Waals surface area contributed by atoms with Crippen molar-refractivity contribution in [3.8, 4) is 0 Å². The SMILES string of the molecule is CCCn1ncnc1CC(=O)c1ccncc1C. The molecule has 94 valence electrons. The molecular formula is C13H16N4O. The summed E-state index contributed by atoms with van der Waals surface area (Å²) < 4.78 is 1.79. The van der Waals surface area contributed by atoms with Gasteiger partial charge in [-0.15, -0.1) is 0 Å². The molecule has 2 heterocycles. The molecule has 2 aromatic heterocycles. The number of aromatic nitrogens is 4. The number of carbonyl (C=O) groups is 1. The van der Waals surface area contributed by atoms with Gasteiger partial charge in [0.05, 0.1) is 6.42 Å². The van der Waals surface area contributed by atoms with Crippen LogP contribution in [0, 0.1) is 6.92 Å². The Morgan fingerprint density at radius 1 is 1.44 bits per heavy atom. The van der Waals surface area contributed by atoms with Crippen molar-refractivity contribution in [1.29, 1.82) is 0 Å². The van der Waals surface area contributed by atoms with Gasteiger partial charge in [-0.1, -0.05) is 6.92 Å². The van der Waals surface area contributed by atoms with Crippen molar-refractivity contribution in [3.05, 3.63) is 41.7 Å². The van der Waals surface area contributed by atoms with E-state index in [1.807, 2.05) is 6.92 Å². The van der Waals surface area contributed by atoms with E-state index in [1.54, 1.807) is 23.1 Å². The molecule has 0 saturated heterocycles. The number of nitrogens with zero attached hydrogens (tertiary/aromatic N) is 4. The number of hydrogen-bond acceptors (Lipinski definition) is 4. The summed E-state index contributed by atoms with van der Waals surface area (Å²) in [7, 11) is 0. The first-order valence-electron chi connectivity index (χ1n) is 6.03. The molecule has 0 spiro atoms. The van der Waals surface area contributed by atoms with Crippen LogP contribution in [0.15, 0.2) is 24.8 Å². The minimum Gasteiger partial charge on any atom is -0.294 e. The highest BCUT2D eigenvalue weighted by atomic mass is 16.1. The third kappa shape index (κ3) is 2.61. The summed E-state index contributed by atoms with van der Waals surface area (Å²) in [4.78, 5) is 20.3. The predicted octanol–water partition coefficient (Wildman–Crippen LogP) is 1.82. The zero-order valence-corrected chi connectivity index (χ0v) is 10.6. The smallest absolute Gasteiger partial charge is 0.170 e. The highest BCUT2D eigenvalue weighted by Gasteiger charge is 2.13. The molecule has 0 aliphatic rings. The Labute approximate surface area is 106 Å². The quantitative estimate of drug-likeness (QED) is 0.753. The van der Waals surface area contributed by atoms with E-state index < -0.39 is 0 Å². The molecule has 0 unspecified atom stereocenters. The van der Waals surface area contributed by atoms with Gasteiger partial charge < -0.3 is 0 Å². The van der Waals surface area contributed by atoms with E-state index in [4.69, 9.17) is 0 Å². The Balaban J connectivity index is 2.17. The zero-order chi connectivity index (χ0) is 13.0. The molecule has 5 nitrogen and oxygen atoms in total. The number of ketones is 1. The van der Waals surface area contributed by atoms with Crippen molar-refractivity contribution in [3.63, 3.8) is 0 Å². The molecule has 0 saturated carbocycles. The number of Topliss-reactive ketones (excluding diaryl/α,β-unsaturated/α-hetero) is 1. The number of hydrogen-bond donors (Lipinski definition) is 0. The molecule has 0 radical (unpaired) electrons. The first-order chi connectivity index (χ1) is 8.72. The molecule has 0 aliphatic heterocycles. The average Bonchev–Trinajstić information content (AvgIpc) is 2.78. The monoisotopic (exact) mass is 244 g/mol. The molecule has 0 bridgehead atoms. The van der Waals surface area contributed by atoms with Crippen LogP contribution >= 0.6 is 0 Å². The molecule has 0 aromatic carbocycles. The van der Waals surface area contributed by atoms with Crippen LogP contribution in [0.4, 0.5) is 0 Å². The molecule has 2 rings (SSSR count). The summed E-state index contributed by atoms with van der Waals surface area (Å²) in [6.07, 6.45) is 6.09. The summed E-state index contributed by atoms with van der Waals surface area (Å²) in [5, 5.41) is 4.12. The van der Waals surface area contributed by atoms with Crippen molar-refractivity contribution in [2.75, 3.05) is 0 Å². The van der Waals surface area contributed by atoms with Crippen LogP contribution in [0.2, 0.25) is 0 Å². The molecule has 0 atom stereocenters. The molecule has 0 N–H and O–H groups in total. The molecule has 0 aliphatic carbocycles. The topological polar surface area (TPSA) is 60.7 Å². The Kier molecular flexibility index (Phi) is 3.82. The maximum Gasteiger partial charge on any atom is 0.170 e. The Morgan fingerprint density at radius 3 is 3.00 bits per heavy atom. The Morgan fingerprint density at radius 2 is 2.28 bits per heavy atom. The summed E-state index contributed by atoms with van der Waals surface area (Å²) in [5.41, 5.74) is 1.60. The van der Waals surface area contributed by atoms with Gasteiger partial charge in [-0.05, 0) is 25.0 Å². The summed E-state index contributed by atoms with van der Waals surface area (Å²) in [5.74, 6) is 0.776. The summed E-state index contributed by atoms with van der Waals surface area (Å²) in [6.45, 7) is 4.75. The van der Waals surface area contributed by atoms with E-state index in [0.717, 1.165) is 24.4 Å². The minimum atomic E-state index is 0.0558. The van der Waals surface area contributed by atoms with Gasteiger partial charge in [-0.3, -0.25) is 9.78 Å². The summed E-state index contributed by atoms with van der Waals surface area (Å²) in [6, 6.07) is 1.75. The second-order valence-corrected chi connectivity index (χ2v) is 4.19. The van der Waals surface area contributed by atoms with Crippen LogP contribution in [0.1, 0.15) is 35.1 Å².